The maximum Gasteiger partial charge on any atom is 0.308 e. The lowest BCUT2D eigenvalue weighted by atomic mass is 10.1. The van der Waals surface area contributed by atoms with E-state index in [1.807, 2.05) is 0 Å². The van der Waals surface area contributed by atoms with Crippen LogP contribution in [0.25, 0.3) is 0 Å². The normalized spacial score (nSPS) is 11.6. The van der Waals surface area contributed by atoms with Gasteiger partial charge in [-0.15, -0.1) is 0 Å². The van der Waals surface area contributed by atoms with Crippen LogP contribution in [0.3, 0.4) is 0 Å². The molecule has 0 bridgehead atoms. The average Bonchev–Trinajstić information content (AvgIpc) is 2.25. The van der Waals surface area contributed by atoms with Crippen LogP contribution >= 0.6 is 0 Å². The minimum absolute atomic E-state index is 0.112. The molecule has 0 amide bonds. The summed E-state index contributed by atoms with van der Waals surface area (Å²) in [4.78, 5) is 22.7. The first-order valence-corrected chi connectivity index (χ1v) is 4.77. The van der Waals surface area contributed by atoms with Gasteiger partial charge in [0.2, 0.25) is 5.78 Å². The summed E-state index contributed by atoms with van der Waals surface area (Å²) < 4.78 is 4.79. The molecule has 1 aromatic rings. The van der Waals surface area contributed by atoms with Gasteiger partial charge in [-0.1, -0.05) is 30.3 Å². The molecule has 4 nitrogen and oxygen atoms in total. The van der Waals surface area contributed by atoms with Crippen LogP contribution in [0.5, 0.6) is 0 Å². The Labute approximate surface area is 93.7 Å². The van der Waals surface area contributed by atoms with Crippen molar-refractivity contribution in [2.75, 3.05) is 0 Å². The fourth-order valence-corrected chi connectivity index (χ4v) is 1.17. The summed E-state index contributed by atoms with van der Waals surface area (Å²) in [5.74, 6) is -1.07. The van der Waals surface area contributed by atoms with E-state index in [1.165, 1.54) is 13.8 Å². The number of ether oxygens (including phenoxy) is 1. The van der Waals surface area contributed by atoms with Gasteiger partial charge in [0.1, 0.15) is 0 Å². The number of esters is 1. The third-order valence-electron chi connectivity index (χ3n) is 1.85. The maximum atomic E-state index is 11.9. The van der Waals surface area contributed by atoms with Crippen LogP contribution in [0.2, 0.25) is 0 Å². The summed E-state index contributed by atoms with van der Waals surface area (Å²) in [6.07, 6.45) is 0. The van der Waals surface area contributed by atoms with Crippen molar-refractivity contribution in [1.82, 2.24) is 0 Å². The monoisotopic (exact) mass is 219 g/mol. The molecule has 84 valence electrons. The molecule has 0 heterocycles. The summed E-state index contributed by atoms with van der Waals surface area (Å²) in [5.41, 5.74) is 6.12. The Kier molecular flexibility index (Phi) is 3.83. The molecule has 0 atom stereocenters. The number of hydrogen-bond acceptors (Lipinski definition) is 4. The van der Waals surface area contributed by atoms with E-state index in [-0.39, 0.29) is 11.5 Å². The summed E-state index contributed by atoms with van der Waals surface area (Å²) >= 11 is 0. The molecule has 0 fully saturated rings. The zero-order valence-corrected chi connectivity index (χ0v) is 9.19. The molecule has 0 radical (unpaired) electrons. The highest BCUT2D eigenvalue weighted by Crippen LogP contribution is 2.11. The van der Waals surface area contributed by atoms with Crippen LogP contribution in [0.1, 0.15) is 24.2 Å². The lowest BCUT2D eigenvalue weighted by Crippen LogP contribution is -2.15. The quantitative estimate of drug-likeness (QED) is 0.363. The van der Waals surface area contributed by atoms with Gasteiger partial charge in [0.25, 0.3) is 0 Å². The molecule has 1 rings (SSSR count). The van der Waals surface area contributed by atoms with Crippen LogP contribution < -0.4 is 5.73 Å². The smallest absolute Gasteiger partial charge is 0.308 e. The van der Waals surface area contributed by atoms with Gasteiger partial charge in [-0.2, -0.15) is 0 Å². The van der Waals surface area contributed by atoms with E-state index in [4.69, 9.17) is 10.5 Å². The fraction of sp³-hybridized carbons (Fsp3) is 0.167. The molecule has 0 saturated heterocycles. The molecule has 0 unspecified atom stereocenters. The number of hydrogen-bond donors (Lipinski definition) is 1. The van der Waals surface area contributed by atoms with Gasteiger partial charge in [-0.05, 0) is 6.92 Å². The molecule has 4 heteroatoms. The first kappa shape index (κ1) is 12.0. The van der Waals surface area contributed by atoms with Crippen LogP contribution in [-0.4, -0.2) is 11.8 Å². The first-order valence-electron chi connectivity index (χ1n) is 4.77. The average molecular weight is 219 g/mol. The lowest BCUT2D eigenvalue weighted by Gasteiger charge is -2.07. The Balaban J connectivity index is 3.03. The number of benzene rings is 1. The Hall–Kier alpha value is -2.10. The highest BCUT2D eigenvalue weighted by Gasteiger charge is 2.17. The number of rotatable bonds is 3. The van der Waals surface area contributed by atoms with Crippen molar-refractivity contribution >= 4 is 11.8 Å². The molecule has 0 spiro atoms. The summed E-state index contributed by atoms with van der Waals surface area (Å²) in [7, 11) is 0. The minimum Gasteiger partial charge on any atom is -0.421 e. The highest BCUT2D eigenvalue weighted by molar-refractivity contribution is 6.08. The molecule has 1 aromatic carbocycles. The standard InChI is InChI=1S/C12H13NO3/c1-8(13)12(16-9(2)14)11(15)10-6-4-3-5-7-10/h3-7H,13H2,1-2H3/b12-8+. The van der Waals surface area contributed by atoms with Gasteiger partial charge < -0.3 is 10.5 Å². The van der Waals surface area contributed by atoms with E-state index in [2.05, 4.69) is 0 Å². The SMILES string of the molecule is CC(=O)O/C(C(=O)c1ccccc1)=C(\C)N. The highest BCUT2D eigenvalue weighted by atomic mass is 16.5. The third-order valence-corrected chi connectivity index (χ3v) is 1.85. The molecular weight excluding hydrogens is 206 g/mol. The Morgan fingerprint density at radius 3 is 2.12 bits per heavy atom. The summed E-state index contributed by atoms with van der Waals surface area (Å²) in [5, 5.41) is 0. The zero-order chi connectivity index (χ0) is 12.1. The van der Waals surface area contributed by atoms with Gasteiger partial charge in [-0.25, -0.2) is 0 Å². The van der Waals surface area contributed by atoms with Crippen molar-refractivity contribution in [1.29, 1.82) is 0 Å². The molecular formula is C12H13NO3. The number of nitrogens with two attached hydrogens (primary N) is 1. The molecule has 2 N–H and O–H groups in total. The lowest BCUT2D eigenvalue weighted by molar-refractivity contribution is -0.136. The fourth-order valence-electron chi connectivity index (χ4n) is 1.17. The van der Waals surface area contributed by atoms with Crippen LogP contribution in [-0.2, 0) is 9.53 Å². The van der Waals surface area contributed by atoms with E-state index < -0.39 is 11.8 Å². The second kappa shape index (κ2) is 5.11. The number of carbonyl (C=O) groups excluding carboxylic acids is 2. The van der Waals surface area contributed by atoms with Gasteiger partial charge >= 0.3 is 5.97 Å². The largest absolute Gasteiger partial charge is 0.421 e. The zero-order valence-electron chi connectivity index (χ0n) is 9.19. The predicted molar refractivity (Wildman–Crippen MR) is 59.4 cm³/mol. The van der Waals surface area contributed by atoms with Crippen molar-refractivity contribution < 1.29 is 14.3 Å². The van der Waals surface area contributed by atoms with Crippen LogP contribution in [0.15, 0.2) is 41.8 Å². The number of ketones is 1. The molecule has 0 aliphatic heterocycles. The van der Waals surface area contributed by atoms with E-state index >= 15 is 0 Å². The molecule has 0 aromatic heterocycles. The Bertz CT molecular complexity index is 431. The molecule has 16 heavy (non-hydrogen) atoms. The van der Waals surface area contributed by atoms with Gasteiger partial charge in [0.15, 0.2) is 5.76 Å². The minimum atomic E-state index is -0.566. The van der Waals surface area contributed by atoms with Crippen molar-refractivity contribution in [3.8, 4) is 0 Å². The second-order valence-corrected chi connectivity index (χ2v) is 3.30. The van der Waals surface area contributed by atoms with E-state index in [9.17, 15) is 9.59 Å². The van der Waals surface area contributed by atoms with E-state index in [0.717, 1.165) is 0 Å². The molecule has 0 aliphatic rings. The second-order valence-electron chi connectivity index (χ2n) is 3.30. The third kappa shape index (κ3) is 2.95. The maximum absolute atomic E-state index is 11.9. The van der Waals surface area contributed by atoms with E-state index in [0.29, 0.717) is 5.56 Å². The number of allylic oxidation sites excluding steroid dienone is 2. The molecule has 0 saturated carbocycles. The van der Waals surface area contributed by atoms with Crippen LogP contribution in [0.4, 0.5) is 0 Å². The van der Waals surface area contributed by atoms with Crippen molar-refractivity contribution in [2.45, 2.75) is 13.8 Å². The number of Topliss-reactive ketones (excluding diaryl/α,β-unsaturated/α-hetero) is 1. The first-order chi connectivity index (χ1) is 7.52. The molecule has 0 aliphatic carbocycles. The Morgan fingerprint density at radius 1 is 1.12 bits per heavy atom. The van der Waals surface area contributed by atoms with Crippen molar-refractivity contribution in [3.05, 3.63) is 47.4 Å². The van der Waals surface area contributed by atoms with Crippen LogP contribution in [0, 0.1) is 0 Å². The summed E-state index contributed by atoms with van der Waals surface area (Å²) in [6, 6.07) is 8.51. The predicted octanol–water partition coefficient (Wildman–Crippen LogP) is 1.62. The van der Waals surface area contributed by atoms with Gasteiger partial charge in [-0.3, -0.25) is 9.59 Å². The Morgan fingerprint density at radius 2 is 1.69 bits per heavy atom. The van der Waals surface area contributed by atoms with E-state index in [1.54, 1.807) is 30.3 Å². The summed E-state index contributed by atoms with van der Waals surface area (Å²) in [6.45, 7) is 2.74. The van der Waals surface area contributed by atoms with Gasteiger partial charge in [0, 0.05) is 12.5 Å². The van der Waals surface area contributed by atoms with Crippen molar-refractivity contribution in [2.24, 2.45) is 5.73 Å². The topological polar surface area (TPSA) is 69.4 Å². The number of carbonyl (C=O) groups is 2. The van der Waals surface area contributed by atoms with Crippen molar-refractivity contribution in [3.63, 3.8) is 0 Å². The van der Waals surface area contributed by atoms with Gasteiger partial charge in [0.05, 0.1) is 5.70 Å².